The average molecular weight is 235 g/mol. The second kappa shape index (κ2) is 4.90. The second-order valence-corrected chi connectivity index (χ2v) is 4.93. The Morgan fingerprint density at radius 2 is 2.47 bits per heavy atom. The van der Waals surface area contributed by atoms with E-state index in [9.17, 15) is 4.79 Å². The summed E-state index contributed by atoms with van der Waals surface area (Å²) in [7, 11) is 1.97. The summed E-state index contributed by atoms with van der Waals surface area (Å²) >= 11 is 0. The molecule has 1 aromatic heterocycles. The molecule has 0 saturated carbocycles. The van der Waals surface area contributed by atoms with Crippen molar-refractivity contribution < 1.29 is 4.79 Å². The van der Waals surface area contributed by atoms with Gasteiger partial charge in [-0.05, 0) is 25.7 Å². The van der Waals surface area contributed by atoms with Crippen molar-refractivity contribution in [3.05, 3.63) is 17.5 Å². The number of carbonyl (C=O) groups excluding carboxylic acids is 1. The topological polar surface area (TPSA) is 46.9 Å². The molecule has 0 spiro atoms. The molecule has 17 heavy (non-hydrogen) atoms. The van der Waals surface area contributed by atoms with Crippen molar-refractivity contribution in [3.63, 3.8) is 0 Å². The van der Waals surface area contributed by atoms with E-state index in [1.165, 1.54) is 11.3 Å². The van der Waals surface area contributed by atoms with Crippen LogP contribution in [0.15, 0.2) is 6.20 Å². The number of hydrogen-bond acceptors (Lipinski definition) is 2. The summed E-state index contributed by atoms with van der Waals surface area (Å²) in [4.78, 5) is 11.9. The van der Waals surface area contributed by atoms with E-state index in [1.807, 2.05) is 31.8 Å². The Morgan fingerprint density at radius 3 is 3.18 bits per heavy atom. The first-order chi connectivity index (χ1) is 8.13. The van der Waals surface area contributed by atoms with E-state index in [4.69, 9.17) is 0 Å². The van der Waals surface area contributed by atoms with Crippen molar-refractivity contribution >= 4 is 5.91 Å². The number of nitrogens with one attached hydrogen (secondary N) is 1. The standard InChI is InChI=1S/C13H21N3O/c1-4-9(2)13(17)15-11-6-5-7-12-10(11)8-14-16(12)3/h8-9,11H,4-7H2,1-3H3,(H,15,17)/t9-,11-/m1/s1. The van der Waals surface area contributed by atoms with Gasteiger partial charge in [-0.1, -0.05) is 13.8 Å². The fourth-order valence-corrected chi connectivity index (χ4v) is 2.36. The summed E-state index contributed by atoms with van der Waals surface area (Å²) in [5.74, 6) is 0.256. The first-order valence-electron chi connectivity index (χ1n) is 6.44. The largest absolute Gasteiger partial charge is 0.349 e. The van der Waals surface area contributed by atoms with Crippen LogP contribution < -0.4 is 5.32 Å². The minimum Gasteiger partial charge on any atom is -0.349 e. The molecule has 4 heteroatoms. The molecule has 2 rings (SSSR count). The lowest BCUT2D eigenvalue weighted by Crippen LogP contribution is -2.34. The number of nitrogens with zero attached hydrogens (tertiary/aromatic N) is 2. The minimum absolute atomic E-state index is 0.0945. The van der Waals surface area contributed by atoms with Crippen molar-refractivity contribution in [3.8, 4) is 0 Å². The van der Waals surface area contributed by atoms with E-state index in [0.29, 0.717) is 0 Å². The number of carbonyl (C=O) groups is 1. The highest BCUT2D eigenvalue weighted by atomic mass is 16.1. The van der Waals surface area contributed by atoms with E-state index in [1.54, 1.807) is 0 Å². The van der Waals surface area contributed by atoms with Gasteiger partial charge in [0.1, 0.15) is 0 Å². The van der Waals surface area contributed by atoms with Gasteiger partial charge in [-0.15, -0.1) is 0 Å². The molecule has 2 atom stereocenters. The Hall–Kier alpha value is -1.32. The molecule has 0 saturated heterocycles. The maximum atomic E-state index is 11.9. The van der Waals surface area contributed by atoms with Crippen LogP contribution in [0.3, 0.4) is 0 Å². The molecule has 1 N–H and O–H groups in total. The van der Waals surface area contributed by atoms with Gasteiger partial charge in [0.15, 0.2) is 0 Å². The summed E-state index contributed by atoms with van der Waals surface area (Å²) < 4.78 is 1.93. The Bertz CT molecular complexity index is 411. The van der Waals surface area contributed by atoms with Crippen molar-refractivity contribution in [2.75, 3.05) is 0 Å². The third-order valence-electron chi connectivity index (χ3n) is 3.75. The van der Waals surface area contributed by atoms with Gasteiger partial charge in [-0.25, -0.2) is 0 Å². The Morgan fingerprint density at radius 1 is 1.71 bits per heavy atom. The van der Waals surface area contributed by atoms with Gasteiger partial charge >= 0.3 is 0 Å². The van der Waals surface area contributed by atoms with Gasteiger partial charge in [0.05, 0.1) is 12.2 Å². The number of rotatable bonds is 3. The molecule has 0 radical (unpaired) electrons. The molecule has 1 amide bonds. The zero-order valence-electron chi connectivity index (χ0n) is 10.9. The minimum atomic E-state index is 0.0945. The van der Waals surface area contributed by atoms with Crippen molar-refractivity contribution in [1.82, 2.24) is 15.1 Å². The predicted molar refractivity (Wildman–Crippen MR) is 66.5 cm³/mol. The van der Waals surface area contributed by atoms with Crippen LogP contribution in [0.5, 0.6) is 0 Å². The monoisotopic (exact) mass is 235 g/mol. The van der Waals surface area contributed by atoms with E-state index in [-0.39, 0.29) is 17.9 Å². The summed E-state index contributed by atoms with van der Waals surface area (Å²) in [6, 6.07) is 0.161. The molecule has 1 aliphatic rings. The third-order valence-corrected chi connectivity index (χ3v) is 3.75. The van der Waals surface area contributed by atoms with Crippen LogP contribution in [0, 0.1) is 5.92 Å². The van der Waals surface area contributed by atoms with Crippen LogP contribution in [-0.4, -0.2) is 15.7 Å². The lowest BCUT2D eigenvalue weighted by atomic mass is 9.92. The molecule has 1 aromatic rings. The van der Waals surface area contributed by atoms with E-state index < -0.39 is 0 Å². The fraction of sp³-hybridized carbons (Fsp3) is 0.692. The van der Waals surface area contributed by atoms with E-state index in [2.05, 4.69) is 10.4 Å². The zero-order valence-corrected chi connectivity index (χ0v) is 10.9. The summed E-state index contributed by atoms with van der Waals surface area (Å²) in [6.45, 7) is 4.02. The van der Waals surface area contributed by atoms with Crippen molar-refractivity contribution in [2.45, 2.75) is 45.6 Å². The number of hydrogen-bond donors (Lipinski definition) is 1. The molecule has 4 nitrogen and oxygen atoms in total. The SMILES string of the molecule is CC[C@@H](C)C(=O)N[C@@H]1CCCc2c1cnn2C. The molecule has 0 bridgehead atoms. The van der Waals surface area contributed by atoms with Crippen LogP contribution in [0.2, 0.25) is 0 Å². The Labute approximate surface area is 102 Å². The van der Waals surface area contributed by atoms with Crippen LogP contribution in [-0.2, 0) is 18.3 Å². The number of amides is 1. The van der Waals surface area contributed by atoms with Crippen LogP contribution >= 0.6 is 0 Å². The van der Waals surface area contributed by atoms with Crippen molar-refractivity contribution in [2.24, 2.45) is 13.0 Å². The molecule has 0 fully saturated rings. The molecule has 0 unspecified atom stereocenters. The Kier molecular flexibility index (Phi) is 3.50. The Balaban J connectivity index is 2.11. The maximum Gasteiger partial charge on any atom is 0.223 e. The highest BCUT2D eigenvalue weighted by molar-refractivity contribution is 5.78. The normalized spacial score (nSPS) is 20.8. The lowest BCUT2D eigenvalue weighted by molar-refractivity contribution is -0.125. The van der Waals surface area contributed by atoms with E-state index in [0.717, 1.165) is 25.7 Å². The molecule has 0 aliphatic heterocycles. The van der Waals surface area contributed by atoms with Gasteiger partial charge in [0, 0.05) is 24.2 Å². The molecular formula is C13H21N3O. The highest BCUT2D eigenvalue weighted by Gasteiger charge is 2.25. The number of aromatic nitrogens is 2. The zero-order chi connectivity index (χ0) is 12.4. The van der Waals surface area contributed by atoms with Crippen molar-refractivity contribution in [1.29, 1.82) is 0 Å². The average Bonchev–Trinajstić information content (AvgIpc) is 2.71. The molecular weight excluding hydrogens is 214 g/mol. The van der Waals surface area contributed by atoms with Crippen LogP contribution in [0.25, 0.3) is 0 Å². The second-order valence-electron chi connectivity index (χ2n) is 4.93. The summed E-state index contributed by atoms with van der Waals surface area (Å²) in [5.41, 5.74) is 2.47. The smallest absolute Gasteiger partial charge is 0.223 e. The van der Waals surface area contributed by atoms with E-state index >= 15 is 0 Å². The first kappa shape index (κ1) is 12.1. The summed E-state index contributed by atoms with van der Waals surface area (Å²) in [6.07, 6.45) is 6.01. The fourth-order valence-electron chi connectivity index (χ4n) is 2.36. The lowest BCUT2D eigenvalue weighted by Gasteiger charge is -2.25. The van der Waals surface area contributed by atoms with Gasteiger partial charge in [-0.3, -0.25) is 9.48 Å². The third kappa shape index (κ3) is 2.35. The summed E-state index contributed by atoms with van der Waals surface area (Å²) in [5, 5.41) is 7.43. The molecule has 0 aromatic carbocycles. The molecule has 1 aliphatic carbocycles. The van der Waals surface area contributed by atoms with Gasteiger partial charge in [0.25, 0.3) is 0 Å². The van der Waals surface area contributed by atoms with Gasteiger partial charge < -0.3 is 5.32 Å². The van der Waals surface area contributed by atoms with Gasteiger partial charge in [0.2, 0.25) is 5.91 Å². The molecule has 94 valence electrons. The van der Waals surface area contributed by atoms with Crippen LogP contribution in [0.1, 0.15) is 50.4 Å². The van der Waals surface area contributed by atoms with Gasteiger partial charge in [-0.2, -0.15) is 5.10 Å². The number of fused-ring (bicyclic) bond motifs is 1. The quantitative estimate of drug-likeness (QED) is 0.870. The maximum absolute atomic E-state index is 11.9. The first-order valence-corrected chi connectivity index (χ1v) is 6.44. The highest BCUT2D eigenvalue weighted by Crippen LogP contribution is 2.29. The number of aryl methyl sites for hydroxylation is 1. The molecule has 1 heterocycles. The van der Waals surface area contributed by atoms with Crippen LogP contribution in [0.4, 0.5) is 0 Å². The predicted octanol–water partition coefficient (Wildman–Crippen LogP) is 1.96.